The highest BCUT2D eigenvalue weighted by Gasteiger charge is 2.20. The number of rotatable bonds is 61. The first-order valence-electron chi connectivity index (χ1n) is 32.4. The van der Waals surface area contributed by atoms with Crippen LogP contribution in [0.5, 0.6) is 0 Å². The lowest BCUT2D eigenvalue weighted by molar-refractivity contribution is -0.143. The van der Waals surface area contributed by atoms with Crippen LogP contribution >= 0.6 is 0 Å². The van der Waals surface area contributed by atoms with Crippen LogP contribution in [0.25, 0.3) is 0 Å². The van der Waals surface area contributed by atoms with E-state index in [0.717, 1.165) is 70.6 Å². The molecule has 0 heterocycles. The Labute approximate surface area is 444 Å². The van der Waals surface area contributed by atoms with Gasteiger partial charge in [-0.25, -0.2) is 0 Å². The Balaban J connectivity index is 3.44. The summed E-state index contributed by atoms with van der Waals surface area (Å²) >= 11 is 0. The molecule has 0 saturated carbocycles. The molecule has 1 amide bonds. The standard InChI is InChI=1S/C65H127NO5/c1-3-5-7-9-11-13-15-17-19-20-21-22-23-24-25-26-27-30-33-37-41-45-49-53-57-63(68)62(61-67)66-64(69)58-54-50-46-42-38-34-31-28-32-36-40-44-48-52-56-60-71-65(70)59-55-51-47-43-39-35-29-18-16-14-12-10-8-6-4-2/h32,36,62-63,67-68H,3-31,33-35,37-61H2,1-2H3,(H,66,69)/b36-32-. The van der Waals surface area contributed by atoms with Crippen LogP contribution in [0, 0.1) is 0 Å². The van der Waals surface area contributed by atoms with Crippen molar-refractivity contribution in [3.63, 3.8) is 0 Å². The smallest absolute Gasteiger partial charge is 0.305 e. The van der Waals surface area contributed by atoms with Crippen LogP contribution in [-0.2, 0) is 14.3 Å². The number of hydrogen-bond donors (Lipinski definition) is 3. The minimum Gasteiger partial charge on any atom is -0.466 e. The number of carbonyl (C=O) groups excluding carboxylic acids is 2. The summed E-state index contributed by atoms with van der Waals surface area (Å²) in [6.07, 6.45) is 73.7. The molecule has 0 spiro atoms. The third-order valence-corrected chi connectivity index (χ3v) is 15.3. The predicted molar refractivity (Wildman–Crippen MR) is 310 cm³/mol. The maximum atomic E-state index is 12.5. The minimum absolute atomic E-state index is 0.00584. The molecule has 0 fully saturated rings. The summed E-state index contributed by atoms with van der Waals surface area (Å²) in [5, 5.41) is 23.4. The highest BCUT2D eigenvalue weighted by Crippen LogP contribution is 2.18. The molecule has 71 heavy (non-hydrogen) atoms. The Morgan fingerprint density at radius 3 is 1.00 bits per heavy atom. The Hall–Kier alpha value is -1.40. The van der Waals surface area contributed by atoms with Gasteiger partial charge < -0.3 is 20.3 Å². The molecule has 0 aromatic rings. The Kier molecular flexibility index (Phi) is 59.9. The highest BCUT2D eigenvalue weighted by atomic mass is 16.5. The van der Waals surface area contributed by atoms with Gasteiger partial charge in [0.1, 0.15) is 0 Å². The molecule has 0 aliphatic rings. The number of esters is 1. The van der Waals surface area contributed by atoms with Crippen molar-refractivity contribution >= 4 is 11.9 Å². The molecule has 0 aromatic carbocycles. The fourth-order valence-corrected chi connectivity index (χ4v) is 10.3. The summed E-state index contributed by atoms with van der Waals surface area (Å²) in [6, 6.07) is -0.553. The number of nitrogens with one attached hydrogen (secondary N) is 1. The molecule has 0 radical (unpaired) electrons. The van der Waals surface area contributed by atoms with E-state index >= 15 is 0 Å². The fraction of sp³-hybridized carbons (Fsp3) is 0.938. The van der Waals surface area contributed by atoms with E-state index in [1.165, 1.54) is 263 Å². The Morgan fingerprint density at radius 1 is 0.380 bits per heavy atom. The second kappa shape index (κ2) is 61.1. The molecule has 0 aliphatic carbocycles. The number of unbranched alkanes of at least 4 members (excludes halogenated alkanes) is 48. The van der Waals surface area contributed by atoms with E-state index in [2.05, 4.69) is 31.3 Å². The second-order valence-electron chi connectivity index (χ2n) is 22.5. The van der Waals surface area contributed by atoms with Gasteiger partial charge in [0.2, 0.25) is 5.91 Å². The summed E-state index contributed by atoms with van der Waals surface area (Å²) in [5.74, 6) is -0.0513. The molecule has 422 valence electrons. The summed E-state index contributed by atoms with van der Waals surface area (Å²) in [6.45, 7) is 4.96. The molecule has 6 nitrogen and oxygen atoms in total. The van der Waals surface area contributed by atoms with Crippen LogP contribution in [0.15, 0.2) is 12.2 Å². The second-order valence-corrected chi connectivity index (χ2v) is 22.5. The summed E-state index contributed by atoms with van der Waals surface area (Å²) in [4.78, 5) is 24.6. The van der Waals surface area contributed by atoms with Gasteiger partial charge in [0, 0.05) is 12.8 Å². The van der Waals surface area contributed by atoms with Crippen LogP contribution in [0.1, 0.15) is 367 Å². The molecule has 6 heteroatoms. The first-order chi connectivity index (χ1) is 35.0. The predicted octanol–water partition coefficient (Wildman–Crippen LogP) is 20.4. The van der Waals surface area contributed by atoms with Gasteiger partial charge in [-0.15, -0.1) is 0 Å². The maximum absolute atomic E-state index is 12.5. The number of allylic oxidation sites excluding steroid dienone is 2. The van der Waals surface area contributed by atoms with Crippen LogP contribution in [0.4, 0.5) is 0 Å². The van der Waals surface area contributed by atoms with Gasteiger partial charge in [-0.2, -0.15) is 0 Å². The molecule has 0 aromatic heterocycles. The van der Waals surface area contributed by atoms with E-state index < -0.39 is 12.1 Å². The maximum Gasteiger partial charge on any atom is 0.305 e. The van der Waals surface area contributed by atoms with Gasteiger partial charge in [0.15, 0.2) is 0 Å². The number of amides is 1. The van der Waals surface area contributed by atoms with Crippen LogP contribution in [0.2, 0.25) is 0 Å². The molecule has 3 N–H and O–H groups in total. The highest BCUT2D eigenvalue weighted by molar-refractivity contribution is 5.76. The zero-order valence-electron chi connectivity index (χ0n) is 48.2. The van der Waals surface area contributed by atoms with E-state index in [4.69, 9.17) is 4.74 Å². The topological polar surface area (TPSA) is 95.9 Å². The zero-order valence-corrected chi connectivity index (χ0v) is 48.2. The minimum atomic E-state index is -0.675. The zero-order chi connectivity index (χ0) is 51.4. The third-order valence-electron chi connectivity index (χ3n) is 15.3. The van der Waals surface area contributed by atoms with Gasteiger partial charge in [-0.05, 0) is 51.4 Å². The number of aliphatic hydroxyl groups is 2. The van der Waals surface area contributed by atoms with Gasteiger partial charge in [-0.3, -0.25) is 9.59 Å². The van der Waals surface area contributed by atoms with Crippen molar-refractivity contribution in [2.75, 3.05) is 13.2 Å². The number of aliphatic hydroxyl groups excluding tert-OH is 2. The largest absolute Gasteiger partial charge is 0.466 e. The average Bonchev–Trinajstić information content (AvgIpc) is 3.37. The first-order valence-corrected chi connectivity index (χ1v) is 32.4. The summed E-state index contributed by atoms with van der Waals surface area (Å²) in [7, 11) is 0. The van der Waals surface area contributed by atoms with Gasteiger partial charge in [0.05, 0.1) is 25.4 Å². The molecule has 0 saturated heterocycles. The Morgan fingerprint density at radius 2 is 0.662 bits per heavy atom. The number of hydrogen-bond acceptors (Lipinski definition) is 5. The normalized spacial score (nSPS) is 12.6. The van der Waals surface area contributed by atoms with Gasteiger partial charge >= 0.3 is 5.97 Å². The molecule has 0 rings (SSSR count). The van der Waals surface area contributed by atoms with E-state index in [0.29, 0.717) is 25.9 Å². The lowest BCUT2D eigenvalue weighted by atomic mass is 10.0. The van der Waals surface area contributed by atoms with Crippen molar-refractivity contribution in [1.29, 1.82) is 0 Å². The molecule has 2 atom stereocenters. The van der Waals surface area contributed by atoms with Crippen LogP contribution in [-0.4, -0.2) is 47.4 Å². The van der Waals surface area contributed by atoms with Crippen molar-refractivity contribution in [2.45, 2.75) is 379 Å². The molecule has 2 unspecified atom stereocenters. The SMILES string of the molecule is CCCCCCCCCCCCCCCCCCCCCCCCCCC(O)C(CO)NC(=O)CCCCCCCCC/C=C\CCCCCCOC(=O)CCCCCCCCCCCCCCCCC. The van der Waals surface area contributed by atoms with Crippen LogP contribution < -0.4 is 5.32 Å². The number of ether oxygens (including phenoxy) is 1. The van der Waals surface area contributed by atoms with E-state index in [9.17, 15) is 19.8 Å². The van der Waals surface area contributed by atoms with E-state index in [1.54, 1.807) is 0 Å². The van der Waals surface area contributed by atoms with Gasteiger partial charge in [-0.1, -0.05) is 315 Å². The van der Waals surface area contributed by atoms with Crippen molar-refractivity contribution in [3.8, 4) is 0 Å². The third kappa shape index (κ3) is 57.7. The lowest BCUT2D eigenvalue weighted by Crippen LogP contribution is -2.45. The van der Waals surface area contributed by atoms with E-state index in [1.807, 2.05) is 0 Å². The fourth-order valence-electron chi connectivity index (χ4n) is 10.3. The first kappa shape index (κ1) is 69.6. The van der Waals surface area contributed by atoms with Crippen molar-refractivity contribution < 1.29 is 24.5 Å². The Bertz CT molecular complexity index is 1060. The van der Waals surface area contributed by atoms with Gasteiger partial charge in [0.25, 0.3) is 0 Å². The molecular weight excluding hydrogens is 875 g/mol. The van der Waals surface area contributed by atoms with Crippen LogP contribution in [0.3, 0.4) is 0 Å². The molecule has 0 bridgehead atoms. The van der Waals surface area contributed by atoms with E-state index in [-0.39, 0.29) is 18.5 Å². The quantitative estimate of drug-likeness (QED) is 0.0320. The summed E-state index contributed by atoms with van der Waals surface area (Å²) < 4.78 is 5.47. The summed E-state index contributed by atoms with van der Waals surface area (Å²) in [5.41, 5.74) is 0. The van der Waals surface area contributed by atoms with Crippen molar-refractivity contribution in [3.05, 3.63) is 12.2 Å². The monoisotopic (exact) mass is 1000 g/mol. The number of carbonyl (C=O) groups is 2. The van der Waals surface area contributed by atoms with Crippen molar-refractivity contribution in [2.24, 2.45) is 0 Å². The average molecular weight is 1000 g/mol. The van der Waals surface area contributed by atoms with Crippen molar-refractivity contribution in [1.82, 2.24) is 5.32 Å². The molecular formula is C65H127NO5. The molecule has 0 aliphatic heterocycles. The lowest BCUT2D eigenvalue weighted by Gasteiger charge is -2.22.